The first-order valence-electron chi connectivity index (χ1n) is 9.22. The predicted molar refractivity (Wildman–Crippen MR) is 90.9 cm³/mol. The lowest BCUT2D eigenvalue weighted by Gasteiger charge is -2.53. The maximum absolute atomic E-state index is 13.3. The summed E-state index contributed by atoms with van der Waals surface area (Å²) in [6, 6.07) is 2.93. The standard InChI is InChI=1S/C19H24F2N2O3/c20-16-7-15(8-17(21)9-16)18(24)23-12-19(13-23)2-1-14(11-26-19)10-22-3-5-25-6-4-22/h7-9,14H,1-6,10-13H2/t14-/m0/s1. The molecule has 0 saturated carbocycles. The summed E-state index contributed by atoms with van der Waals surface area (Å²) in [5.74, 6) is -1.29. The molecule has 26 heavy (non-hydrogen) atoms. The Hall–Kier alpha value is -1.57. The van der Waals surface area contributed by atoms with Crippen LogP contribution in [0.25, 0.3) is 0 Å². The summed E-state index contributed by atoms with van der Waals surface area (Å²) in [5, 5.41) is 0. The summed E-state index contributed by atoms with van der Waals surface area (Å²) in [6.07, 6.45) is 2.00. The quantitative estimate of drug-likeness (QED) is 0.820. The van der Waals surface area contributed by atoms with Crippen molar-refractivity contribution < 1.29 is 23.0 Å². The van der Waals surface area contributed by atoms with Gasteiger partial charge in [0.05, 0.1) is 32.9 Å². The molecule has 1 aromatic rings. The third kappa shape index (κ3) is 3.75. The second-order valence-electron chi connectivity index (χ2n) is 7.63. The molecule has 1 spiro atoms. The van der Waals surface area contributed by atoms with E-state index in [2.05, 4.69) is 4.90 Å². The molecule has 142 valence electrons. The molecule has 3 fully saturated rings. The number of amides is 1. The molecule has 0 unspecified atom stereocenters. The molecule has 0 aromatic heterocycles. The molecule has 7 heteroatoms. The lowest BCUT2D eigenvalue weighted by molar-refractivity contribution is -0.169. The highest BCUT2D eigenvalue weighted by Gasteiger charge is 2.48. The van der Waals surface area contributed by atoms with E-state index < -0.39 is 11.6 Å². The Kier molecular flexibility index (Phi) is 4.94. The number of likely N-dealkylation sites (tertiary alicyclic amines) is 1. The van der Waals surface area contributed by atoms with Crippen molar-refractivity contribution in [3.63, 3.8) is 0 Å². The summed E-state index contributed by atoms with van der Waals surface area (Å²) >= 11 is 0. The van der Waals surface area contributed by atoms with E-state index in [1.54, 1.807) is 4.90 Å². The van der Waals surface area contributed by atoms with E-state index in [1.165, 1.54) is 0 Å². The zero-order valence-electron chi connectivity index (χ0n) is 14.8. The smallest absolute Gasteiger partial charge is 0.254 e. The van der Waals surface area contributed by atoms with Crippen molar-refractivity contribution in [2.75, 3.05) is 52.5 Å². The number of halogens is 2. The van der Waals surface area contributed by atoms with Gasteiger partial charge < -0.3 is 14.4 Å². The van der Waals surface area contributed by atoms with Crippen LogP contribution in [0.1, 0.15) is 23.2 Å². The minimum atomic E-state index is -0.733. The van der Waals surface area contributed by atoms with E-state index in [1.807, 2.05) is 0 Å². The Morgan fingerprint density at radius 3 is 2.46 bits per heavy atom. The molecule has 3 saturated heterocycles. The molecular weight excluding hydrogens is 342 g/mol. The zero-order chi connectivity index (χ0) is 18.1. The highest BCUT2D eigenvalue weighted by atomic mass is 19.1. The van der Waals surface area contributed by atoms with Crippen LogP contribution in [0.3, 0.4) is 0 Å². The number of morpholine rings is 1. The van der Waals surface area contributed by atoms with Crippen molar-refractivity contribution in [3.8, 4) is 0 Å². The lowest BCUT2D eigenvalue weighted by Crippen LogP contribution is -2.66. The SMILES string of the molecule is O=C(c1cc(F)cc(F)c1)N1CC2(CC[C@@H](CN3CCOCC3)CO2)C1. The minimum absolute atomic E-state index is 0.0540. The molecule has 3 aliphatic rings. The van der Waals surface area contributed by atoms with Gasteiger partial charge in [-0.2, -0.15) is 0 Å². The zero-order valence-corrected chi connectivity index (χ0v) is 14.8. The average Bonchev–Trinajstić information content (AvgIpc) is 2.60. The summed E-state index contributed by atoms with van der Waals surface area (Å²) in [4.78, 5) is 16.4. The largest absolute Gasteiger partial charge is 0.379 e. The van der Waals surface area contributed by atoms with Gasteiger partial charge in [0.25, 0.3) is 5.91 Å². The van der Waals surface area contributed by atoms with Gasteiger partial charge >= 0.3 is 0 Å². The van der Waals surface area contributed by atoms with E-state index >= 15 is 0 Å². The molecule has 0 aliphatic carbocycles. The Morgan fingerprint density at radius 2 is 1.85 bits per heavy atom. The van der Waals surface area contributed by atoms with E-state index in [-0.39, 0.29) is 17.1 Å². The lowest BCUT2D eigenvalue weighted by atomic mass is 9.82. The fourth-order valence-corrected chi connectivity index (χ4v) is 4.11. The number of hydrogen-bond acceptors (Lipinski definition) is 4. The van der Waals surface area contributed by atoms with Gasteiger partial charge in [0.2, 0.25) is 0 Å². The number of ether oxygens (including phenoxy) is 2. The van der Waals surface area contributed by atoms with Gasteiger partial charge in [0, 0.05) is 31.3 Å². The molecular formula is C19H24F2N2O3. The highest BCUT2D eigenvalue weighted by molar-refractivity contribution is 5.95. The maximum Gasteiger partial charge on any atom is 0.254 e. The van der Waals surface area contributed by atoms with Crippen LogP contribution < -0.4 is 0 Å². The number of nitrogens with zero attached hydrogens (tertiary/aromatic N) is 2. The van der Waals surface area contributed by atoms with Crippen LogP contribution in [-0.2, 0) is 9.47 Å². The van der Waals surface area contributed by atoms with Crippen molar-refractivity contribution in [1.29, 1.82) is 0 Å². The Balaban J connectivity index is 1.27. The second-order valence-corrected chi connectivity index (χ2v) is 7.63. The average molecular weight is 366 g/mol. The van der Waals surface area contributed by atoms with Gasteiger partial charge in [-0.1, -0.05) is 0 Å². The molecule has 1 atom stereocenters. The number of rotatable bonds is 3. The van der Waals surface area contributed by atoms with Crippen LogP contribution in [0.4, 0.5) is 8.78 Å². The monoisotopic (exact) mass is 366 g/mol. The minimum Gasteiger partial charge on any atom is -0.379 e. The summed E-state index contributed by atoms with van der Waals surface area (Å²) in [5.41, 5.74) is -0.221. The molecule has 5 nitrogen and oxygen atoms in total. The van der Waals surface area contributed by atoms with Gasteiger partial charge in [0.1, 0.15) is 17.2 Å². The number of hydrogen-bond donors (Lipinski definition) is 0. The van der Waals surface area contributed by atoms with E-state index in [4.69, 9.17) is 9.47 Å². The van der Waals surface area contributed by atoms with Gasteiger partial charge in [-0.15, -0.1) is 0 Å². The van der Waals surface area contributed by atoms with Crippen LogP contribution in [0, 0.1) is 17.6 Å². The van der Waals surface area contributed by atoms with Crippen LogP contribution >= 0.6 is 0 Å². The predicted octanol–water partition coefficient (Wildman–Crippen LogP) is 1.92. The van der Waals surface area contributed by atoms with Crippen molar-refractivity contribution in [2.24, 2.45) is 5.92 Å². The highest BCUT2D eigenvalue weighted by Crippen LogP contribution is 2.37. The van der Waals surface area contributed by atoms with Crippen LogP contribution in [0.15, 0.2) is 18.2 Å². The first-order chi connectivity index (χ1) is 12.5. The molecule has 3 heterocycles. The Morgan fingerprint density at radius 1 is 1.15 bits per heavy atom. The third-order valence-corrected chi connectivity index (χ3v) is 5.61. The fourth-order valence-electron chi connectivity index (χ4n) is 4.11. The molecule has 0 N–H and O–H groups in total. The first kappa shape index (κ1) is 17.8. The van der Waals surface area contributed by atoms with Gasteiger partial charge in [-0.25, -0.2) is 8.78 Å². The van der Waals surface area contributed by atoms with E-state index in [0.717, 1.165) is 63.9 Å². The molecule has 0 bridgehead atoms. The van der Waals surface area contributed by atoms with Gasteiger partial charge in [0.15, 0.2) is 0 Å². The molecule has 0 radical (unpaired) electrons. The normalized spacial score (nSPS) is 25.9. The van der Waals surface area contributed by atoms with Crippen LogP contribution in [0.2, 0.25) is 0 Å². The molecule has 1 aromatic carbocycles. The summed E-state index contributed by atoms with van der Waals surface area (Å²) < 4.78 is 38.1. The van der Waals surface area contributed by atoms with Crippen LogP contribution in [-0.4, -0.2) is 73.9 Å². The third-order valence-electron chi connectivity index (χ3n) is 5.61. The van der Waals surface area contributed by atoms with E-state index in [0.29, 0.717) is 25.6 Å². The van der Waals surface area contributed by atoms with Crippen molar-refractivity contribution in [2.45, 2.75) is 18.4 Å². The summed E-state index contributed by atoms with van der Waals surface area (Å²) in [7, 11) is 0. The Labute approximate surface area is 151 Å². The first-order valence-corrected chi connectivity index (χ1v) is 9.22. The van der Waals surface area contributed by atoms with Crippen molar-refractivity contribution in [1.82, 2.24) is 9.80 Å². The number of benzene rings is 1. The fraction of sp³-hybridized carbons (Fsp3) is 0.632. The number of carbonyl (C=O) groups is 1. The van der Waals surface area contributed by atoms with Crippen molar-refractivity contribution >= 4 is 5.91 Å². The van der Waals surface area contributed by atoms with Crippen LogP contribution in [0.5, 0.6) is 0 Å². The number of carbonyl (C=O) groups excluding carboxylic acids is 1. The summed E-state index contributed by atoms with van der Waals surface area (Å²) in [6.45, 7) is 6.29. The molecule has 3 aliphatic heterocycles. The van der Waals surface area contributed by atoms with E-state index in [9.17, 15) is 13.6 Å². The topological polar surface area (TPSA) is 42.0 Å². The molecule has 4 rings (SSSR count). The van der Waals surface area contributed by atoms with Gasteiger partial charge in [-0.3, -0.25) is 9.69 Å². The second kappa shape index (κ2) is 7.21. The van der Waals surface area contributed by atoms with Gasteiger partial charge in [-0.05, 0) is 30.9 Å². The molecule has 1 amide bonds. The Bertz CT molecular complexity index is 642. The maximum atomic E-state index is 13.3. The van der Waals surface area contributed by atoms with Crippen molar-refractivity contribution in [3.05, 3.63) is 35.4 Å².